The van der Waals surface area contributed by atoms with Crippen LogP contribution in [0.3, 0.4) is 0 Å². The van der Waals surface area contributed by atoms with Crippen LogP contribution in [-0.2, 0) is 16.1 Å². The van der Waals surface area contributed by atoms with Gasteiger partial charge in [0.15, 0.2) is 5.11 Å². The topological polar surface area (TPSA) is 95.6 Å². The second-order valence-corrected chi connectivity index (χ2v) is 4.87. The molecular formula is C14H15N3O4S. The van der Waals surface area contributed by atoms with Crippen molar-refractivity contribution in [1.29, 1.82) is 0 Å². The zero-order valence-electron chi connectivity index (χ0n) is 12.1. The molecule has 2 rings (SSSR count). The van der Waals surface area contributed by atoms with Crippen LogP contribution in [0, 0.1) is 0 Å². The maximum Gasteiger partial charge on any atom is 0.325 e. The number of fused-ring (bicyclic) bond motifs is 1. The van der Waals surface area contributed by atoms with Gasteiger partial charge in [0.1, 0.15) is 18.0 Å². The average Bonchev–Trinajstić information content (AvgIpc) is 2.84. The quantitative estimate of drug-likeness (QED) is 0.639. The number of benzene rings is 1. The van der Waals surface area contributed by atoms with Gasteiger partial charge in [-0.3, -0.25) is 14.9 Å². The molecule has 0 spiro atoms. The number of carbonyl (C=O) groups is 2. The van der Waals surface area contributed by atoms with Crippen LogP contribution in [0.5, 0.6) is 5.75 Å². The molecule has 0 aliphatic heterocycles. The van der Waals surface area contributed by atoms with Gasteiger partial charge in [-0.2, -0.15) is 0 Å². The van der Waals surface area contributed by atoms with Gasteiger partial charge in [0.05, 0.1) is 14.2 Å². The highest BCUT2D eigenvalue weighted by atomic mass is 32.1. The Kier molecular flexibility index (Phi) is 4.62. The molecule has 0 unspecified atom stereocenters. The van der Waals surface area contributed by atoms with Crippen molar-refractivity contribution in [3.63, 3.8) is 0 Å². The van der Waals surface area contributed by atoms with E-state index in [1.807, 2.05) is 0 Å². The van der Waals surface area contributed by atoms with Crippen LogP contribution in [-0.4, -0.2) is 35.8 Å². The van der Waals surface area contributed by atoms with Crippen LogP contribution in [0.25, 0.3) is 10.9 Å². The highest BCUT2D eigenvalue weighted by molar-refractivity contribution is 7.80. The van der Waals surface area contributed by atoms with Crippen molar-refractivity contribution >= 4 is 40.1 Å². The summed E-state index contributed by atoms with van der Waals surface area (Å²) in [6.45, 7) is -0.105. The second-order valence-electron chi connectivity index (χ2n) is 4.43. The predicted octanol–water partition coefficient (Wildman–Crippen LogP) is 0.796. The summed E-state index contributed by atoms with van der Waals surface area (Å²) in [4.78, 5) is 23.8. The van der Waals surface area contributed by atoms with E-state index >= 15 is 0 Å². The van der Waals surface area contributed by atoms with E-state index in [-0.39, 0.29) is 17.4 Å². The Balaban J connectivity index is 2.56. The molecule has 0 aliphatic rings. The number of ether oxygens (including phenoxy) is 2. The molecule has 0 saturated carbocycles. The minimum atomic E-state index is -0.494. The smallest absolute Gasteiger partial charge is 0.325 e. The molecule has 1 amide bonds. The van der Waals surface area contributed by atoms with Gasteiger partial charge >= 0.3 is 5.97 Å². The fraction of sp³-hybridized carbons (Fsp3) is 0.214. The van der Waals surface area contributed by atoms with Gasteiger partial charge in [-0.25, -0.2) is 0 Å². The third-order valence-electron chi connectivity index (χ3n) is 3.09. The summed E-state index contributed by atoms with van der Waals surface area (Å²) >= 11 is 4.67. The van der Waals surface area contributed by atoms with E-state index in [4.69, 9.17) is 10.5 Å². The molecule has 0 radical (unpaired) electrons. The van der Waals surface area contributed by atoms with Gasteiger partial charge in [0, 0.05) is 10.9 Å². The molecule has 1 heterocycles. The van der Waals surface area contributed by atoms with Crippen LogP contribution in [0.15, 0.2) is 24.3 Å². The zero-order valence-corrected chi connectivity index (χ0v) is 12.9. The third kappa shape index (κ3) is 3.17. The van der Waals surface area contributed by atoms with E-state index in [9.17, 15) is 9.59 Å². The molecular weight excluding hydrogens is 306 g/mol. The number of esters is 1. The van der Waals surface area contributed by atoms with Gasteiger partial charge < -0.3 is 19.8 Å². The zero-order chi connectivity index (χ0) is 16.3. The van der Waals surface area contributed by atoms with Crippen molar-refractivity contribution in [2.45, 2.75) is 6.54 Å². The van der Waals surface area contributed by atoms with E-state index in [0.29, 0.717) is 11.3 Å². The summed E-state index contributed by atoms with van der Waals surface area (Å²) in [6, 6.07) is 6.90. The van der Waals surface area contributed by atoms with Gasteiger partial charge in [0.25, 0.3) is 5.91 Å². The third-order valence-corrected chi connectivity index (χ3v) is 3.19. The number of nitrogens with zero attached hydrogens (tertiary/aromatic N) is 1. The van der Waals surface area contributed by atoms with E-state index in [0.717, 1.165) is 5.39 Å². The molecule has 8 heteroatoms. The minimum absolute atomic E-state index is 0.105. The Hall–Kier alpha value is -2.61. The number of nitrogens with two attached hydrogens (primary N) is 1. The first-order valence-electron chi connectivity index (χ1n) is 6.31. The fourth-order valence-electron chi connectivity index (χ4n) is 2.10. The summed E-state index contributed by atoms with van der Waals surface area (Å²) in [5, 5.41) is 2.95. The van der Waals surface area contributed by atoms with Crippen LogP contribution in [0.2, 0.25) is 0 Å². The van der Waals surface area contributed by atoms with Crippen molar-refractivity contribution in [2.75, 3.05) is 14.2 Å². The van der Waals surface area contributed by atoms with Crippen molar-refractivity contribution < 1.29 is 19.1 Å². The Labute approximate surface area is 132 Å². The predicted molar refractivity (Wildman–Crippen MR) is 84.8 cm³/mol. The first kappa shape index (κ1) is 15.8. The lowest BCUT2D eigenvalue weighted by atomic mass is 10.2. The van der Waals surface area contributed by atoms with E-state index in [1.54, 1.807) is 31.4 Å². The first-order valence-corrected chi connectivity index (χ1v) is 6.72. The van der Waals surface area contributed by atoms with Gasteiger partial charge in [-0.15, -0.1) is 0 Å². The average molecular weight is 321 g/mol. The molecule has 3 N–H and O–H groups in total. The maximum absolute atomic E-state index is 12.2. The standard InChI is InChI=1S/C14H15N3O4S/c1-20-9-3-4-10-8(5-9)6-11(13(19)16-14(15)22)17(10)7-12(18)21-2/h3-6H,7H2,1-2H3,(H3,15,16,19,22). The number of methoxy groups -OCH3 is 2. The molecule has 0 bridgehead atoms. The number of hydrogen-bond donors (Lipinski definition) is 2. The van der Waals surface area contributed by atoms with Crippen LogP contribution >= 0.6 is 12.2 Å². The van der Waals surface area contributed by atoms with Crippen LogP contribution in [0.4, 0.5) is 0 Å². The number of nitrogens with one attached hydrogen (secondary N) is 1. The van der Waals surface area contributed by atoms with Crippen molar-refractivity contribution in [3.05, 3.63) is 30.0 Å². The molecule has 0 saturated heterocycles. The summed E-state index contributed by atoms with van der Waals surface area (Å²) in [6.07, 6.45) is 0. The lowest BCUT2D eigenvalue weighted by Gasteiger charge is -2.09. The second kappa shape index (κ2) is 6.44. The molecule has 22 heavy (non-hydrogen) atoms. The van der Waals surface area contributed by atoms with E-state index < -0.39 is 11.9 Å². The minimum Gasteiger partial charge on any atom is -0.497 e. The Morgan fingerprint density at radius 1 is 1.32 bits per heavy atom. The molecule has 0 fully saturated rings. The number of aromatic nitrogens is 1. The summed E-state index contributed by atoms with van der Waals surface area (Å²) < 4.78 is 11.4. The molecule has 0 aliphatic carbocycles. The number of thiocarbonyl (C=S) groups is 1. The van der Waals surface area contributed by atoms with Crippen LogP contribution < -0.4 is 15.8 Å². The SMILES string of the molecule is COC(=O)Cn1c(C(=O)NC(N)=S)cc2cc(OC)ccc21. The molecule has 1 aromatic heterocycles. The molecule has 116 valence electrons. The summed E-state index contributed by atoms with van der Waals surface area (Å²) in [5.74, 6) is -0.326. The first-order chi connectivity index (χ1) is 10.5. The van der Waals surface area contributed by atoms with Crippen molar-refractivity contribution in [2.24, 2.45) is 5.73 Å². The van der Waals surface area contributed by atoms with E-state index in [2.05, 4.69) is 22.3 Å². The monoisotopic (exact) mass is 321 g/mol. The van der Waals surface area contributed by atoms with Crippen molar-refractivity contribution in [3.8, 4) is 5.75 Å². The lowest BCUT2D eigenvalue weighted by Crippen LogP contribution is -2.36. The lowest BCUT2D eigenvalue weighted by molar-refractivity contribution is -0.141. The van der Waals surface area contributed by atoms with E-state index in [1.165, 1.54) is 11.7 Å². The molecule has 7 nitrogen and oxygen atoms in total. The largest absolute Gasteiger partial charge is 0.497 e. The van der Waals surface area contributed by atoms with Gasteiger partial charge in [-0.1, -0.05) is 0 Å². The number of rotatable bonds is 4. The molecule has 1 aromatic carbocycles. The number of amides is 1. The van der Waals surface area contributed by atoms with Crippen molar-refractivity contribution in [1.82, 2.24) is 9.88 Å². The Morgan fingerprint density at radius 3 is 2.64 bits per heavy atom. The Morgan fingerprint density at radius 2 is 2.05 bits per heavy atom. The van der Waals surface area contributed by atoms with Gasteiger partial charge in [-0.05, 0) is 36.5 Å². The normalized spacial score (nSPS) is 10.3. The maximum atomic E-state index is 12.2. The summed E-state index contributed by atoms with van der Waals surface area (Å²) in [5.41, 5.74) is 6.27. The fourth-order valence-corrected chi connectivity index (χ4v) is 2.20. The number of carbonyl (C=O) groups excluding carboxylic acids is 2. The molecule has 2 aromatic rings. The highest BCUT2D eigenvalue weighted by Gasteiger charge is 2.18. The highest BCUT2D eigenvalue weighted by Crippen LogP contribution is 2.25. The van der Waals surface area contributed by atoms with Gasteiger partial charge in [0.2, 0.25) is 0 Å². The Bertz CT molecular complexity index is 754. The number of hydrogen-bond acceptors (Lipinski definition) is 5. The van der Waals surface area contributed by atoms with Crippen LogP contribution in [0.1, 0.15) is 10.5 Å². The molecule has 0 atom stereocenters. The summed E-state index contributed by atoms with van der Waals surface area (Å²) in [7, 11) is 2.83.